The maximum Gasteiger partial charge on any atom is 0.169 e. The van der Waals surface area contributed by atoms with Crippen LogP contribution in [0.4, 0.5) is 11.6 Å². The van der Waals surface area contributed by atoms with Crippen LogP contribution in [0.2, 0.25) is 0 Å². The van der Waals surface area contributed by atoms with E-state index in [1.807, 2.05) is 0 Å². The summed E-state index contributed by atoms with van der Waals surface area (Å²) in [5.74, 6) is 3.05. The van der Waals surface area contributed by atoms with Crippen molar-refractivity contribution in [1.29, 1.82) is 0 Å². The molecule has 0 spiro atoms. The first kappa shape index (κ1) is 18.4. The molecule has 0 aliphatic rings. The zero-order valence-electron chi connectivity index (χ0n) is 16.3. The molecule has 0 saturated heterocycles. The summed E-state index contributed by atoms with van der Waals surface area (Å²) in [5.41, 5.74) is 1.87. The van der Waals surface area contributed by atoms with Crippen LogP contribution in [0.15, 0.2) is 36.4 Å². The number of aromatic nitrogens is 2. The van der Waals surface area contributed by atoms with Crippen LogP contribution in [-0.2, 0) is 0 Å². The van der Waals surface area contributed by atoms with E-state index in [1.165, 1.54) is 10.8 Å². The molecule has 2 aromatic carbocycles. The van der Waals surface area contributed by atoms with Crippen LogP contribution in [0.1, 0.15) is 40.5 Å². The molecule has 3 rings (SSSR count). The molecule has 1 aromatic heterocycles. The normalized spacial score (nSPS) is 11.6. The summed E-state index contributed by atoms with van der Waals surface area (Å²) in [4.78, 5) is 9.77. The van der Waals surface area contributed by atoms with Gasteiger partial charge in [-0.3, -0.25) is 0 Å². The van der Waals surface area contributed by atoms with Gasteiger partial charge in [-0.2, -0.15) is 0 Å². The van der Waals surface area contributed by atoms with Gasteiger partial charge in [-0.05, 0) is 47.6 Å². The molecular weight excluding hydrogens is 320 g/mol. The maximum absolute atomic E-state index is 4.88. The monoisotopic (exact) mass is 350 g/mol. The van der Waals surface area contributed by atoms with Gasteiger partial charge >= 0.3 is 0 Å². The lowest BCUT2D eigenvalue weighted by molar-refractivity contribution is 0.604. The minimum absolute atomic E-state index is 0.664. The van der Waals surface area contributed by atoms with Gasteiger partial charge in [0.05, 0.1) is 11.0 Å². The number of rotatable bonds is 8. The molecule has 138 valence electrons. The highest BCUT2D eigenvalue weighted by Crippen LogP contribution is 2.26. The van der Waals surface area contributed by atoms with E-state index in [-0.39, 0.29) is 0 Å². The Hall–Kier alpha value is -2.36. The van der Waals surface area contributed by atoms with E-state index in [0.29, 0.717) is 11.8 Å². The zero-order chi connectivity index (χ0) is 18.5. The SMILES string of the molecule is CC(C)CCNc1nc2cc3ccccc3cc2nc1NCCC(C)C. The Kier molecular flexibility index (Phi) is 5.92. The lowest BCUT2D eigenvalue weighted by Crippen LogP contribution is -2.13. The van der Waals surface area contributed by atoms with Gasteiger partial charge in [-0.25, -0.2) is 9.97 Å². The number of benzene rings is 2. The molecule has 0 unspecified atom stereocenters. The van der Waals surface area contributed by atoms with Crippen molar-refractivity contribution in [2.75, 3.05) is 23.7 Å². The molecule has 1 heterocycles. The van der Waals surface area contributed by atoms with Gasteiger partial charge in [-0.15, -0.1) is 0 Å². The molecular formula is C22H30N4. The lowest BCUT2D eigenvalue weighted by Gasteiger charge is -2.15. The highest BCUT2D eigenvalue weighted by Gasteiger charge is 2.10. The van der Waals surface area contributed by atoms with Crippen LogP contribution in [-0.4, -0.2) is 23.1 Å². The third-order valence-corrected chi connectivity index (χ3v) is 4.56. The molecule has 2 N–H and O–H groups in total. The third-order valence-electron chi connectivity index (χ3n) is 4.56. The molecule has 0 fully saturated rings. The van der Waals surface area contributed by atoms with E-state index >= 15 is 0 Å². The zero-order valence-corrected chi connectivity index (χ0v) is 16.3. The summed E-state index contributed by atoms with van der Waals surface area (Å²) in [5, 5.41) is 9.37. The lowest BCUT2D eigenvalue weighted by atomic mass is 10.1. The second-order valence-corrected chi connectivity index (χ2v) is 7.83. The molecule has 4 nitrogen and oxygen atoms in total. The van der Waals surface area contributed by atoms with E-state index < -0.39 is 0 Å². The predicted octanol–water partition coefficient (Wildman–Crippen LogP) is 5.70. The molecule has 0 aliphatic heterocycles. The highest BCUT2D eigenvalue weighted by molar-refractivity contribution is 5.96. The van der Waals surface area contributed by atoms with Crippen molar-refractivity contribution in [3.63, 3.8) is 0 Å². The van der Waals surface area contributed by atoms with Gasteiger partial charge < -0.3 is 10.6 Å². The second-order valence-electron chi connectivity index (χ2n) is 7.83. The van der Waals surface area contributed by atoms with Crippen LogP contribution in [0.3, 0.4) is 0 Å². The van der Waals surface area contributed by atoms with Crippen molar-refractivity contribution in [2.24, 2.45) is 11.8 Å². The Morgan fingerprint density at radius 1 is 0.731 bits per heavy atom. The number of nitrogens with zero attached hydrogens (tertiary/aromatic N) is 2. The molecule has 3 aromatic rings. The quantitative estimate of drug-likeness (QED) is 0.512. The van der Waals surface area contributed by atoms with Gasteiger partial charge in [0.2, 0.25) is 0 Å². The van der Waals surface area contributed by atoms with Crippen molar-refractivity contribution in [2.45, 2.75) is 40.5 Å². The molecule has 0 saturated carbocycles. The maximum atomic E-state index is 4.88. The molecule has 0 aliphatic carbocycles. The van der Waals surface area contributed by atoms with Crippen LogP contribution in [0.5, 0.6) is 0 Å². The van der Waals surface area contributed by atoms with Gasteiger partial charge in [0.1, 0.15) is 0 Å². The summed E-state index contributed by atoms with van der Waals surface area (Å²) >= 11 is 0. The van der Waals surface area contributed by atoms with E-state index in [2.05, 4.69) is 74.7 Å². The summed E-state index contributed by atoms with van der Waals surface area (Å²) in [6.07, 6.45) is 2.23. The molecule has 0 amide bonds. The van der Waals surface area contributed by atoms with E-state index in [9.17, 15) is 0 Å². The van der Waals surface area contributed by atoms with Crippen LogP contribution in [0.25, 0.3) is 21.8 Å². The summed E-state index contributed by atoms with van der Waals surface area (Å²) in [7, 11) is 0. The molecule has 4 heteroatoms. The Balaban J connectivity index is 1.94. The molecule has 26 heavy (non-hydrogen) atoms. The Morgan fingerprint density at radius 3 is 1.54 bits per heavy atom. The minimum atomic E-state index is 0.664. The van der Waals surface area contributed by atoms with Crippen LogP contribution >= 0.6 is 0 Å². The number of hydrogen-bond donors (Lipinski definition) is 2. The van der Waals surface area contributed by atoms with Crippen molar-refractivity contribution in [1.82, 2.24) is 9.97 Å². The van der Waals surface area contributed by atoms with E-state index in [4.69, 9.17) is 9.97 Å². The fourth-order valence-corrected chi connectivity index (χ4v) is 2.95. The number of hydrogen-bond acceptors (Lipinski definition) is 4. The molecule has 0 atom stereocenters. The standard InChI is InChI=1S/C22H30N4/c1-15(2)9-11-23-21-22(24-12-10-16(3)4)26-20-14-18-8-6-5-7-17(18)13-19(20)25-21/h5-8,13-16H,9-12H2,1-4H3,(H,23,25)(H,24,26). The summed E-state index contributed by atoms with van der Waals surface area (Å²) in [6, 6.07) is 12.6. The number of nitrogens with one attached hydrogen (secondary N) is 2. The average molecular weight is 351 g/mol. The van der Waals surface area contributed by atoms with Crippen molar-refractivity contribution < 1.29 is 0 Å². The first-order chi connectivity index (χ1) is 12.5. The largest absolute Gasteiger partial charge is 0.367 e. The van der Waals surface area contributed by atoms with Crippen molar-refractivity contribution in [3.8, 4) is 0 Å². The van der Waals surface area contributed by atoms with Crippen molar-refractivity contribution >= 4 is 33.4 Å². The van der Waals surface area contributed by atoms with E-state index in [1.54, 1.807) is 0 Å². The van der Waals surface area contributed by atoms with Gasteiger partial charge in [0, 0.05) is 13.1 Å². The van der Waals surface area contributed by atoms with Crippen LogP contribution in [0, 0.1) is 11.8 Å². The summed E-state index contributed by atoms with van der Waals surface area (Å²) in [6.45, 7) is 10.8. The number of anilines is 2. The Labute approximate surface area is 156 Å². The molecule has 0 bridgehead atoms. The van der Waals surface area contributed by atoms with Gasteiger partial charge in [-0.1, -0.05) is 52.0 Å². The number of fused-ring (bicyclic) bond motifs is 2. The fourth-order valence-electron chi connectivity index (χ4n) is 2.95. The Bertz CT molecular complexity index is 799. The van der Waals surface area contributed by atoms with E-state index in [0.717, 1.165) is 48.6 Å². The van der Waals surface area contributed by atoms with Crippen molar-refractivity contribution in [3.05, 3.63) is 36.4 Å². The van der Waals surface area contributed by atoms with Crippen LogP contribution < -0.4 is 10.6 Å². The predicted molar refractivity (Wildman–Crippen MR) is 113 cm³/mol. The fraction of sp³-hybridized carbons (Fsp3) is 0.455. The topological polar surface area (TPSA) is 49.8 Å². The average Bonchev–Trinajstić information content (AvgIpc) is 2.59. The molecule has 0 radical (unpaired) electrons. The first-order valence-electron chi connectivity index (χ1n) is 9.71. The second kappa shape index (κ2) is 8.35. The minimum Gasteiger partial charge on any atom is -0.367 e. The smallest absolute Gasteiger partial charge is 0.169 e. The first-order valence-corrected chi connectivity index (χ1v) is 9.71. The highest BCUT2D eigenvalue weighted by atomic mass is 15.1. The summed E-state index contributed by atoms with van der Waals surface area (Å²) < 4.78 is 0. The van der Waals surface area contributed by atoms with Gasteiger partial charge in [0.25, 0.3) is 0 Å². The van der Waals surface area contributed by atoms with Gasteiger partial charge in [0.15, 0.2) is 11.6 Å². The third kappa shape index (κ3) is 4.63. The Morgan fingerprint density at radius 2 is 1.15 bits per heavy atom.